The van der Waals surface area contributed by atoms with Crippen LogP contribution in [0.4, 0.5) is 5.69 Å². The Bertz CT molecular complexity index is 378. The van der Waals surface area contributed by atoms with E-state index >= 15 is 0 Å². The van der Waals surface area contributed by atoms with Crippen molar-refractivity contribution < 1.29 is 0 Å². The lowest BCUT2D eigenvalue weighted by Crippen LogP contribution is -2.33. The summed E-state index contributed by atoms with van der Waals surface area (Å²) in [5.41, 5.74) is 9.61. The van der Waals surface area contributed by atoms with E-state index in [2.05, 4.69) is 30.6 Å². The van der Waals surface area contributed by atoms with Crippen molar-refractivity contribution in [3.63, 3.8) is 0 Å². The molecule has 3 N–H and O–H groups in total. The van der Waals surface area contributed by atoms with Gasteiger partial charge >= 0.3 is 0 Å². The van der Waals surface area contributed by atoms with Crippen molar-refractivity contribution in [1.29, 1.82) is 0 Å². The standard InChI is InChI=1S/C14H22N2S/c1-3-12(9-17-2)16-14-7-4-10-8-11(15)5-6-13(10)14/h5-6,8,12,14,16H,3-4,7,9,15H2,1-2H3. The van der Waals surface area contributed by atoms with Crippen molar-refractivity contribution in [2.75, 3.05) is 17.7 Å². The number of nitrogens with two attached hydrogens (primary N) is 1. The van der Waals surface area contributed by atoms with Crippen molar-refractivity contribution in [3.05, 3.63) is 29.3 Å². The van der Waals surface area contributed by atoms with Crippen LogP contribution >= 0.6 is 11.8 Å². The second-order valence-corrected chi connectivity index (χ2v) is 5.69. The predicted octanol–water partition coefficient (Wildman–Crippen LogP) is 2.99. The maximum Gasteiger partial charge on any atom is 0.0328 e. The van der Waals surface area contributed by atoms with Crippen LogP contribution in [-0.4, -0.2) is 18.1 Å². The molecule has 0 aromatic heterocycles. The highest BCUT2D eigenvalue weighted by Crippen LogP contribution is 2.32. The first-order valence-electron chi connectivity index (χ1n) is 6.38. The van der Waals surface area contributed by atoms with Crippen LogP contribution in [0.2, 0.25) is 0 Å². The van der Waals surface area contributed by atoms with E-state index in [0.717, 1.165) is 12.1 Å². The summed E-state index contributed by atoms with van der Waals surface area (Å²) in [4.78, 5) is 0. The third kappa shape index (κ3) is 2.96. The number of aryl methyl sites for hydroxylation is 1. The van der Waals surface area contributed by atoms with Gasteiger partial charge in [0.2, 0.25) is 0 Å². The number of nitrogen functional groups attached to an aromatic ring is 1. The zero-order chi connectivity index (χ0) is 12.3. The summed E-state index contributed by atoms with van der Waals surface area (Å²) in [6, 6.07) is 7.50. The highest BCUT2D eigenvalue weighted by molar-refractivity contribution is 7.98. The largest absolute Gasteiger partial charge is 0.399 e. The van der Waals surface area contributed by atoms with E-state index in [1.165, 1.54) is 29.7 Å². The SMILES string of the molecule is CCC(CSC)NC1CCc2cc(N)ccc21. The average molecular weight is 250 g/mol. The molecule has 0 amide bonds. The summed E-state index contributed by atoms with van der Waals surface area (Å²) in [5, 5.41) is 3.78. The molecule has 1 aliphatic carbocycles. The van der Waals surface area contributed by atoms with Crippen LogP contribution in [0.15, 0.2) is 18.2 Å². The highest BCUT2D eigenvalue weighted by Gasteiger charge is 2.23. The molecule has 2 rings (SSSR count). The Labute approximate surface area is 108 Å². The zero-order valence-electron chi connectivity index (χ0n) is 10.7. The molecule has 1 aromatic carbocycles. The molecule has 2 nitrogen and oxygen atoms in total. The molecule has 0 radical (unpaired) electrons. The van der Waals surface area contributed by atoms with Gasteiger partial charge in [-0.1, -0.05) is 13.0 Å². The van der Waals surface area contributed by atoms with Gasteiger partial charge in [0.15, 0.2) is 0 Å². The van der Waals surface area contributed by atoms with E-state index in [1.807, 2.05) is 17.8 Å². The summed E-state index contributed by atoms with van der Waals surface area (Å²) in [6.07, 6.45) is 5.74. The molecular weight excluding hydrogens is 228 g/mol. The molecule has 1 aromatic rings. The first kappa shape index (κ1) is 12.8. The first-order chi connectivity index (χ1) is 8.24. The lowest BCUT2D eigenvalue weighted by molar-refractivity contribution is 0.449. The Morgan fingerprint density at radius 3 is 3.06 bits per heavy atom. The van der Waals surface area contributed by atoms with E-state index in [1.54, 1.807) is 0 Å². The monoisotopic (exact) mass is 250 g/mol. The van der Waals surface area contributed by atoms with Gasteiger partial charge in [0.05, 0.1) is 0 Å². The molecule has 0 heterocycles. The van der Waals surface area contributed by atoms with Crippen LogP contribution < -0.4 is 11.1 Å². The van der Waals surface area contributed by atoms with E-state index in [0.29, 0.717) is 12.1 Å². The Morgan fingerprint density at radius 2 is 2.35 bits per heavy atom. The molecule has 1 aliphatic rings. The quantitative estimate of drug-likeness (QED) is 0.789. The van der Waals surface area contributed by atoms with E-state index in [-0.39, 0.29) is 0 Å². The highest BCUT2D eigenvalue weighted by atomic mass is 32.2. The van der Waals surface area contributed by atoms with Crippen molar-refractivity contribution in [3.8, 4) is 0 Å². The number of nitrogens with one attached hydrogen (secondary N) is 1. The maximum absolute atomic E-state index is 5.83. The topological polar surface area (TPSA) is 38.0 Å². The lowest BCUT2D eigenvalue weighted by atomic mass is 10.1. The molecule has 0 aliphatic heterocycles. The van der Waals surface area contributed by atoms with E-state index in [4.69, 9.17) is 5.73 Å². The third-order valence-electron chi connectivity index (χ3n) is 3.54. The fourth-order valence-electron chi connectivity index (χ4n) is 2.58. The minimum Gasteiger partial charge on any atom is -0.399 e. The summed E-state index contributed by atoms with van der Waals surface area (Å²) in [5.74, 6) is 1.19. The van der Waals surface area contributed by atoms with Crippen molar-refractivity contribution in [2.45, 2.75) is 38.3 Å². The van der Waals surface area contributed by atoms with E-state index < -0.39 is 0 Å². The zero-order valence-corrected chi connectivity index (χ0v) is 11.5. The minimum atomic E-state index is 0.530. The van der Waals surface area contributed by atoms with Crippen LogP contribution in [0.5, 0.6) is 0 Å². The second-order valence-electron chi connectivity index (χ2n) is 4.78. The number of anilines is 1. The van der Waals surface area contributed by atoms with Crippen LogP contribution in [0.1, 0.15) is 36.9 Å². The van der Waals surface area contributed by atoms with Gasteiger partial charge in [-0.3, -0.25) is 0 Å². The normalized spacial score (nSPS) is 20.2. The van der Waals surface area contributed by atoms with Gasteiger partial charge in [0.1, 0.15) is 0 Å². The van der Waals surface area contributed by atoms with Crippen LogP contribution in [0, 0.1) is 0 Å². The lowest BCUT2D eigenvalue weighted by Gasteiger charge is -2.22. The summed E-state index contributed by atoms with van der Waals surface area (Å²) in [6.45, 7) is 2.26. The van der Waals surface area contributed by atoms with Crippen molar-refractivity contribution in [2.24, 2.45) is 0 Å². The fraction of sp³-hybridized carbons (Fsp3) is 0.571. The van der Waals surface area contributed by atoms with Crippen LogP contribution in [0.25, 0.3) is 0 Å². The van der Waals surface area contributed by atoms with Crippen molar-refractivity contribution in [1.82, 2.24) is 5.32 Å². The third-order valence-corrected chi connectivity index (χ3v) is 4.28. The smallest absolute Gasteiger partial charge is 0.0328 e. The molecule has 0 spiro atoms. The van der Waals surface area contributed by atoms with Crippen LogP contribution in [-0.2, 0) is 6.42 Å². The molecule has 0 bridgehead atoms. The molecule has 2 unspecified atom stereocenters. The molecule has 3 heteroatoms. The van der Waals surface area contributed by atoms with Gasteiger partial charge in [-0.25, -0.2) is 0 Å². The molecular formula is C14H22N2S. The van der Waals surface area contributed by atoms with Crippen LogP contribution in [0.3, 0.4) is 0 Å². The Kier molecular flexibility index (Phi) is 4.35. The number of hydrogen-bond acceptors (Lipinski definition) is 3. The molecule has 94 valence electrons. The van der Waals surface area contributed by atoms with Gasteiger partial charge < -0.3 is 11.1 Å². The predicted molar refractivity (Wildman–Crippen MR) is 77.5 cm³/mol. The Hall–Kier alpha value is -0.670. The van der Waals surface area contributed by atoms with Gasteiger partial charge in [-0.2, -0.15) is 11.8 Å². The number of thioether (sulfide) groups is 1. The number of benzene rings is 1. The maximum atomic E-state index is 5.83. The van der Waals surface area contributed by atoms with Crippen molar-refractivity contribution >= 4 is 17.4 Å². The number of hydrogen-bond donors (Lipinski definition) is 2. The first-order valence-corrected chi connectivity index (χ1v) is 7.77. The van der Waals surface area contributed by atoms with Gasteiger partial charge in [-0.05, 0) is 48.8 Å². The number of fused-ring (bicyclic) bond motifs is 1. The molecule has 0 fully saturated rings. The minimum absolute atomic E-state index is 0.530. The van der Waals surface area contributed by atoms with E-state index in [9.17, 15) is 0 Å². The summed E-state index contributed by atoms with van der Waals surface area (Å²) >= 11 is 1.92. The van der Waals surface area contributed by atoms with Gasteiger partial charge in [0.25, 0.3) is 0 Å². The molecule has 0 saturated carbocycles. The molecule has 2 atom stereocenters. The second kappa shape index (κ2) is 5.78. The summed E-state index contributed by atoms with van der Waals surface area (Å²) in [7, 11) is 0. The van der Waals surface area contributed by atoms with Gasteiger partial charge in [-0.15, -0.1) is 0 Å². The summed E-state index contributed by atoms with van der Waals surface area (Å²) < 4.78 is 0. The average Bonchev–Trinajstić information content (AvgIpc) is 2.71. The van der Waals surface area contributed by atoms with Gasteiger partial charge in [0, 0.05) is 23.5 Å². The Morgan fingerprint density at radius 1 is 1.53 bits per heavy atom. The fourth-order valence-corrected chi connectivity index (χ4v) is 3.31. The number of rotatable bonds is 5. The molecule has 17 heavy (non-hydrogen) atoms. The molecule has 0 saturated heterocycles. The Balaban J connectivity index is 2.06.